The summed E-state index contributed by atoms with van der Waals surface area (Å²) in [5.41, 5.74) is 0.435. The van der Waals surface area contributed by atoms with Crippen molar-refractivity contribution in [1.29, 1.82) is 5.26 Å². The molecule has 0 aliphatic carbocycles. The summed E-state index contributed by atoms with van der Waals surface area (Å²) in [5.74, 6) is -2.44. The van der Waals surface area contributed by atoms with Crippen LogP contribution in [0, 0.1) is 17.2 Å². The molecule has 0 bridgehead atoms. The Morgan fingerprint density at radius 3 is 2.50 bits per heavy atom. The summed E-state index contributed by atoms with van der Waals surface area (Å²) in [5, 5.41) is 22.8. The summed E-state index contributed by atoms with van der Waals surface area (Å²) in [6.07, 6.45) is -4.97. The van der Waals surface area contributed by atoms with Gasteiger partial charge >= 0.3 is 16.5 Å². The minimum atomic E-state index is -4.92. The van der Waals surface area contributed by atoms with Gasteiger partial charge in [0.2, 0.25) is 11.0 Å². The topological polar surface area (TPSA) is 131 Å². The second-order valence-electron chi connectivity index (χ2n) is 7.47. The quantitative estimate of drug-likeness (QED) is 0.266. The lowest BCUT2D eigenvalue weighted by Gasteiger charge is -2.12. The summed E-state index contributed by atoms with van der Waals surface area (Å²) >= 11 is 2.63. The second kappa shape index (κ2) is 11.2. The molecular weight excluding hydrogens is 565 g/mol. The van der Waals surface area contributed by atoms with Gasteiger partial charge in [0, 0.05) is 0 Å². The van der Waals surface area contributed by atoms with E-state index in [2.05, 4.69) is 20.3 Å². The molecule has 0 saturated heterocycles. The molecule has 0 saturated carbocycles. The molecule has 9 nitrogen and oxygen atoms in total. The van der Waals surface area contributed by atoms with Gasteiger partial charge in [-0.2, -0.15) is 13.7 Å². The Labute approximate surface area is 222 Å². The van der Waals surface area contributed by atoms with Crippen molar-refractivity contribution >= 4 is 43.8 Å². The van der Waals surface area contributed by atoms with Gasteiger partial charge in [-0.05, 0) is 59.8 Å². The Bertz CT molecular complexity index is 1560. The molecule has 0 aliphatic heterocycles. The van der Waals surface area contributed by atoms with Crippen molar-refractivity contribution in [2.24, 2.45) is 5.92 Å². The van der Waals surface area contributed by atoms with Crippen LogP contribution in [0.5, 0.6) is 11.5 Å². The van der Waals surface area contributed by atoms with Gasteiger partial charge in [0.1, 0.15) is 22.3 Å². The number of thiophene rings is 1. The molecule has 1 amide bonds. The van der Waals surface area contributed by atoms with E-state index in [0.717, 1.165) is 40.5 Å². The number of nitriles is 1. The minimum absolute atomic E-state index is 0.0559. The number of nitrogens with one attached hydrogen (secondary N) is 1. The lowest BCUT2D eigenvalue weighted by molar-refractivity contribution is -0.274. The van der Waals surface area contributed by atoms with Crippen LogP contribution in [0.25, 0.3) is 9.88 Å². The molecule has 0 aliphatic rings. The lowest BCUT2D eigenvalue weighted by atomic mass is 10.00. The monoisotopic (exact) mass is 580 g/mol. The molecule has 2 aromatic heterocycles. The Morgan fingerprint density at radius 1 is 1.08 bits per heavy atom. The molecule has 4 aromatic rings. The van der Waals surface area contributed by atoms with Gasteiger partial charge in [-0.1, -0.05) is 29.5 Å². The maximum absolute atomic E-state index is 12.7. The Kier molecular flexibility index (Phi) is 7.95. The van der Waals surface area contributed by atoms with Crippen LogP contribution < -0.4 is 14.2 Å². The first-order valence-corrected chi connectivity index (χ1v) is 13.6. The highest BCUT2D eigenvalue weighted by Gasteiger charge is 2.31. The number of halogens is 3. The van der Waals surface area contributed by atoms with Crippen molar-refractivity contribution in [3.05, 3.63) is 71.6 Å². The number of benzene rings is 2. The fourth-order valence-electron chi connectivity index (χ4n) is 3.11. The zero-order valence-electron chi connectivity index (χ0n) is 18.9. The third kappa shape index (κ3) is 7.06. The van der Waals surface area contributed by atoms with E-state index < -0.39 is 39.0 Å². The van der Waals surface area contributed by atoms with Gasteiger partial charge in [0.15, 0.2) is 5.01 Å². The third-order valence-electron chi connectivity index (χ3n) is 4.75. The lowest BCUT2D eigenvalue weighted by Crippen LogP contribution is -2.23. The van der Waals surface area contributed by atoms with Gasteiger partial charge in [-0.25, -0.2) is 0 Å². The zero-order valence-corrected chi connectivity index (χ0v) is 21.3. The maximum atomic E-state index is 12.7. The van der Waals surface area contributed by atoms with Crippen molar-refractivity contribution in [1.82, 2.24) is 10.2 Å². The van der Waals surface area contributed by atoms with Gasteiger partial charge in [-0.15, -0.1) is 34.7 Å². The van der Waals surface area contributed by atoms with E-state index in [1.807, 2.05) is 23.6 Å². The molecular formula is C23H15F3N4O5S3. The first-order chi connectivity index (χ1) is 18.0. The Balaban J connectivity index is 1.41. The number of rotatable bonds is 9. The standard InChI is InChI=1S/C23H15F3N4O5S3/c24-23(25,26)34-16-6-8-18(9-7-16)38(32,33)35-17-4-1-3-14(12-17)11-15(13-27)20(31)28-22-30-29-21(37-22)19-5-2-10-36-19/h1-10,12,15H,11H2,(H,28,30,31). The highest BCUT2D eigenvalue weighted by molar-refractivity contribution is 7.87. The number of anilines is 1. The largest absolute Gasteiger partial charge is 0.573 e. The molecule has 196 valence electrons. The minimum Gasteiger partial charge on any atom is -0.406 e. The summed E-state index contributed by atoms with van der Waals surface area (Å²) in [6.45, 7) is 0. The molecule has 15 heteroatoms. The molecule has 0 radical (unpaired) electrons. The van der Waals surface area contributed by atoms with Gasteiger partial charge in [-0.3, -0.25) is 10.1 Å². The molecule has 38 heavy (non-hydrogen) atoms. The summed E-state index contributed by atoms with van der Waals surface area (Å²) in [7, 11) is -4.39. The number of alkyl halides is 3. The smallest absolute Gasteiger partial charge is 0.406 e. The summed E-state index contributed by atoms with van der Waals surface area (Å²) in [6, 6.07) is 14.9. The van der Waals surface area contributed by atoms with Crippen LogP contribution in [-0.4, -0.2) is 30.9 Å². The van der Waals surface area contributed by atoms with E-state index in [4.69, 9.17) is 4.18 Å². The molecule has 4 rings (SSSR count). The fourth-order valence-corrected chi connectivity index (χ4v) is 5.57. The van der Waals surface area contributed by atoms with Crippen molar-refractivity contribution in [3.63, 3.8) is 0 Å². The number of hydrogen-bond acceptors (Lipinski definition) is 10. The number of carbonyl (C=O) groups is 1. The molecule has 1 unspecified atom stereocenters. The molecule has 2 heterocycles. The number of aromatic nitrogens is 2. The first-order valence-electron chi connectivity index (χ1n) is 10.5. The molecule has 2 aromatic carbocycles. The summed E-state index contributed by atoms with van der Waals surface area (Å²) < 4.78 is 70.9. The average Bonchev–Trinajstić information content (AvgIpc) is 3.54. The molecule has 0 spiro atoms. The third-order valence-corrected chi connectivity index (χ3v) is 7.89. The van der Waals surface area contributed by atoms with Crippen molar-refractivity contribution in [3.8, 4) is 27.5 Å². The van der Waals surface area contributed by atoms with Gasteiger partial charge < -0.3 is 8.92 Å². The van der Waals surface area contributed by atoms with E-state index in [9.17, 15) is 31.6 Å². The van der Waals surface area contributed by atoms with E-state index >= 15 is 0 Å². The van der Waals surface area contributed by atoms with Gasteiger partial charge in [0.25, 0.3) is 0 Å². The predicted octanol–water partition coefficient (Wildman–Crippen LogP) is 5.25. The van der Waals surface area contributed by atoms with Crippen LogP contribution in [0.3, 0.4) is 0 Å². The number of nitrogens with zero attached hydrogens (tertiary/aromatic N) is 3. The van der Waals surface area contributed by atoms with E-state index in [-0.39, 0.29) is 17.3 Å². The van der Waals surface area contributed by atoms with Crippen molar-refractivity contribution in [2.75, 3.05) is 5.32 Å². The number of carbonyl (C=O) groups excluding carboxylic acids is 1. The molecule has 1 atom stereocenters. The predicted molar refractivity (Wildman–Crippen MR) is 132 cm³/mol. The van der Waals surface area contributed by atoms with Crippen LogP contribution in [0.2, 0.25) is 0 Å². The highest BCUT2D eigenvalue weighted by atomic mass is 32.2. The van der Waals surface area contributed by atoms with Crippen LogP contribution >= 0.6 is 22.7 Å². The van der Waals surface area contributed by atoms with Crippen LogP contribution in [-0.2, 0) is 21.3 Å². The van der Waals surface area contributed by atoms with Crippen molar-refractivity contribution < 1.29 is 35.3 Å². The molecule has 1 N–H and O–H groups in total. The zero-order chi connectivity index (χ0) is 27.3. The number of hydrogen-bond donors (Lipinski definition) is 1. The van der Waals surface area contributed by atoms with Gasteiger partial charge in [0.05, 0.1) is 10.9 Å². The van der Waals surface area contributed by atoms with E-state index in [1.54, 1.807) is 6.07 Å². The number of amides is 1. The Hall–Kier alpha value is -4.00. The number of ether oxygens (including phenoxy) is 1. The maximum Gasteiger partial charge on any atom is 0.573 e. The Morgan fingerprint density at radius 2 is 1.84 bits per heavy atom. The van der Waals surface area contributed by atoms with E-state index in [0.29, 0.717) is 10.6 Å². The highest BCUT2D eigenvalue weighted by Crippen LogP contribution is 2.30. The SMILES string of the molecule is N#CC(Cc1cccc(OS(=O)(=O)c2ccc(OC(F)(F)F)cc2)c1)C(=O)Nc1nnc(-c2cccs2)s1. The second-order valence-corrected chi connectivity index (χ2v) is 10.9. The summed E-state index contributed by atoms with van der Waals surface area (Å²) in [4.78, 5) is 13.1. The first kappa shape index (κ1) is 27.0. The molecule has 0 fully saturated rings. The van der Waals surface area contributed by atoms with Crippen molar-refractivity contribution in [2.45, 2.75) is 17.7 Å². The fraction of sp³-hybridized carbons (Fsp3) is 0.130. The van der Waals surface area contributed by atoms with Crippen LogP contribution in [0.15, 0.2) is 70.9 Å². The average molecular weight is 581 g/mol. The van der Waals surface area contributed by atoms with Crippen LogP contribution in [0.4, 0.5) is 18.3 Å². The normalized spacial score (nSPS) is 12.4. The van der Waals surface area contributed by atoms with E-state index in [1.165, 1.54) is 29.5 Å². The van der Waals surface area contributed by atoms with Crippen LogP contribution in [0.1, 0.15) is 5.56 Å².